The van der Waals surface area contributed by atoms with Crippen LogP contribution in [0.3, 0.4) is 0 Å². The predicted molar refractivity (Wildman–Crippen MR) is 66.3 cm³/mol. The highest BCUT2D eigenvalue weighted by Gasteiger charge is 2.31. The van der Waals surface area contributed by atoms with Crippen molar-refractivity contribution in [3.8, 4) is 0 Å². The zero-order valence-corrected chi connectivity index (χ0v) is 10.4. The second kappa shape index (κ2) is 4.97. The number of nitrogens with two attached hydrogens (primary N) is 1. The van der Waals surface area contributed by atoms with E-state index < -0.39 is 6.04 Å². The fourth-order valence-electron chi connectivity index (χ4n) is 2.32. The molecule has 1 aliphatic rings. The molecule has 2 unspecified atom stereocenters. The van der Waals surface area contributed by atoms with Gasteiger partial charge in [0.1, 0.15) is 6.04 Å². The number of nitrogens with zero attached hydrogens (tertiary/aromatic N) is 1. The van der Waals surface area contributed by atoms with Gasteiger partial charge in [-0.1, -0.05) is 13.0 Å². The first-order chi connectivity index (χ1) is 7.74. The van der Waals surface area contributed by atoms with E-state index in [1.807, 2.05) is 22.4 Å². The van der Waals surface area contributed by atoms with E-state index in [-0.39, 0.29) is 5.91 Å². The van der Waals surface area contributed by atoms with Gasteiger partial charge in [0.15, 0.2) is 0 Å². The van der Waals surface area contributed by atoms with Crippen LogP contribution in [0.15, 0.2) is 17.5 Å². The maximum absolute atomic E-state index is 12.2. The molecule has 4 heteroatoms. The van der Waals surface area contributed by atoms with Crippen molar-refractivity contribution in [3.05, 3.63) is 22.4 Å². The molecule has 1 amide bonds. The second-order valence-electron chi connectivity index (χ2n) is 4.23. The van der Waals surface area contributed by atoms with Crippen LogP contribution in [0.2, 0.25) is 0 Å². The average Bonchev–Trinajstić information content (AvgIpc) is 2.97. The van der Waals surface area contributed by atoms with Gasteiger partial charge < -0.3 is 10.6 Å². The lowest BCUT2D eigenvalue weighted by atomic mass is 10.1. The third-order valence-electron chi connectivity index (χ3n) is 3.25. The van der Waals surface area contributed by atoms with Crippen molar-refractivity contribution in [2.75, 3.05) is 6.54 Å². The SMILES string of the molecule is CCC1CCCN1C(=O)C(N)c1cccs1. The number of carbonyl (C=O) groups excluding carboxylic acids is 1. The van der Waals surface area contributed by atoms with Gasteiger partial charge >= 0.3 is 0 Å². The smallest absolute Gasteiger partial charge is 0.245 e. The standard InChI is InChI=1S/C12H18N2OS/c1-2-9-5-3-7-14(9)12(15)11(13)10-6-4-8-16-10/h4,6,8-9,11H,2-3,5,7,13H2,1H3. The minimum Gasteiger partial charge on any atom is -0.338 e. The molecule has 0 aromatic carbocycles. The summed E-state index contributed by atoms with van der Waals surface area (Å²) in [6.45, 7) is 3.00. The lowest BCUT2D eigenvalue weighted by Gasteiger charge is -2.26. The lowest BCUT2D eigenvalue weighted by Crippen LogP contribution is -2.41. The largest absolute Gasteiger partial charge is 0.338 e. The Bertz CT molecular complexity index is 350. The van der Waals surface area contributed by atoms with Crippen LogP contribution in [-0.4, -0.2) is 23.4 Å². The van der Waals surface area contributed by atoms with E-state index in [9.17, 15) is 4.79 Å². The molecule has 0 saturated carbocycles. The van der Waals surface area contributed by atoms with Gasteiger partial charge in [0.2, 0.25) is 5.91 Å². The van der Waals surface area contributed by atoms with Gasteiger partial charge in [-0.25, -0.2) is 0 Å². The maximum atomic E-state index is 12.2. The van der Waals surface area contributed by atoms with Gasteiger partial charge in [-0.3, -0.25) is 4.79 Å². The summed E-state index contributed by atoms with van der Waals surface area (Å²) in [4.78, 5) is 15.1. The fourth-order valence-corrected chi connectivity index (χ4v) is 3.04. The van der Waals surface area contributed by atoms with Crippen molar-refractivity contribution in [2.24, 2.45) is 5.73 Å². The monoisotopic (exact) mass is 238 g/mol. The molecule has 1 aliphatic heterocycles. The molecule has 1 aromatic rings. The van der Waals surface area contributed by atoms with Crippen molar-refractivity contribution < 1.29 is 4.79 Å². The van der Waals surface area contributed by atoms with Crippen LogP contribution in [0, 0.1) is 0 Å². The molecule has 88 valence electrons. The molecule has 2 atom stereocenters. The van der Waals surface area contributed by atoms with Crippen LogP contribution in [0.5, 0.6) is 0 Å². The van der Waals surface area contributed by atoms with Crippen LogP contribution < -0.4 is 5.73 Å². The Hall–Kier alpha value is -0.870. The van der Waals surface area contributed by atoms with Crippen LogP contribution >= 0.6 is 11.3 Å². The number of likely N-dealkylation sites (tertiary alicyclic amines) is 1. The highest BCUT2D eigenvalue weighted by molar-refractivity contribution is 7.10. The minimum atomic E-state index is -0.466. The predicted octanol–water partition coefficient (Wildman–Crippen LogP) is 2.15. The summed E-state index contributed by atoms with van der Waals surface area (Å²) in [5.41, 5.74) is 6.00. The molecule has 2 rings (SSSR count). The minimum absolute atomic E-state index is 0.0896. The first kappa shape index (κ1) is 11.6. The van der Waals surface area contributed by atoms with Crippen molar-refractivity contribution in [1.29, 1.82) is 0 Å². The van der Waals surface area contributed by atoms with Crippen molar-refractivity contribution in [2.45, 2.75) is 38.3 Å². The molecule has 1 aromatic heterocycles. The third-order valence-corrected chi connectivity index (χ3v) is 4.20. The topological polar surface area (TPSA) is 46.3 Å². The Morgan fingerprint density at radius 3 is 3.19 bits per heavy atom. The van der Waals surface area contributed by atoms with Crippen LogP contribution in [0.1, 0.15) is 37.1 Å². The molecule has 2 heterocycles. The van der Waals surface area contributed by atoms with Crippen molar-refractivity contribution in [1.82, 2.24) is 4.90 Å². The first-order valence-corrected chi connectivity index (χ1v) is 6.71. The van der Waals surface area contributed by atoms with Crippen molar-refractivity contribution >= 4 is 17.2 Å². The number of thiophene rings is 1. The summed E-state index contributed by atoms with van der Waals surface area (Å²) in [6.07, 6.45) is 3.27. The molecular formula is C12H18N2OS. The highest BCUT2D eigenvalue weighted by Crippen LogP contribution is 2.25. The first-order valence-electron chi connectivity index (χ1n) is 5.83. The quantitative estimate of drug-likeness (QED) is 0.877. The molecule has 0 spiro atoms. The van der Waals surface area contributed by atoms with E-state index in [4.69, 9.17) is 5.73 Å². The van der Waals surface area contributed by atoms with E-state index in [2.05, 4.69) is 6.92 Å². The Labute approximate surface area is 100 Å². The van der Waals surface area contributed by atoms with E-state index in [1.165, 1.54) is 0 Å². The number of carbonyl (C=O) groups is 1. The van der Waals surface area contributed by atoms with Gasteiger partial charge in [-0.2, -0.15) is 0 Å². The Morgan fingerprint density at radius 1 is 1.75 bits per heavy atom. The number of amides is 1. The number of rotatable bonds is 3. The molecule has 0 bridgehead atoms. The van der Waals surface area contributed by atoms with Gasteiger partial charge in [0.05, 0.1) is 0 Å². The summed E-state index contributed by atoms with van der Waals surface area (Å²) in [5, 5.41) is 1.96. The van der Waals surface area contributed by atoms with Crippen LogP contribution in [-0.2, 0) is 4.79 Å². The zero-order chi connectivity index (χ0) is 11.5. The molecule has 0 aliphatic carbocycles. The van der Waals surface area contributed by atoms with E-state index in [1.54, 1.807) is 11.3 Å². The lowest BCUT2D eigenvalue weighted by molar-refractivity contribution is -0.133. The van der Waals surface area contributed by atoms with Gasteiger partial charge in [0.25, 0.3) is 0 Å². The van der Waals surface area contributed by atoms with Gasteiger partial charge in [-0.15, -0.1) is 11.3 Å². The van der Waals surface area contributed by atoms with Crippen LogP contribution in [0.25, 0.3) is 0 Å². The molecule has 1 fully saturated rings. The van der Waals surface area contributed by atoms with E-state index >= 15 is 0 Å². The summed E-state index contributed by atoms with van der Waals surface area (Å²) < 4.78 is 0. The molecular weight excluding hydrogens is 220 g/mol. The zero-order valence-electron chi connectivity index (χ0n) is 9.56. The summed E-state index contributed by atoms with van der Waals surface area (Å²) in [7, 11) is 0. The Balaban J connectivity index is 2.07. The number of hydrogen-bond acceptors (Lipinski definition) is 3. The van der Waals surface area contributed by atoms with Gasteiger partial charge in [-0.05, 0) is 30.7 Å². The summed E-state index contributed by atoms with van der Waals surface area (Å²) >= 11 is 1.55. The second-order valence-corrected chi connectivity index (χ2v) is 5.21. The third kappa shape index (κ3) is 2.13. The normalized spacial score (nSPS) is 22.4. The fraction of sp³-hybridized carbons (Fsp3) is 0.583. The molecule has 1 saturated heterocycles. The molecule has 3 nitrogen and oxygen atoms in total. The Kier molecular flexibility index (Phi) is 3.61. The van der Waals surface area contributed by atoms with Gasteiger partial charge in [0, 0.05) is 17.5 Å². The molecule has 0 radical (unpaired) electrons. The maximum Gasteiger partial charge on any atom is 0.245 e. The molecule has 16 heavy (non-hydrogen) atoms. The molecule has 2 N–H and O–H groups in total. The average molecular weight is 238 g/mol. The highest BCUT2D eigenvalue weighted by atomic mass is 32.1. The van der Waals surface area contributed by atoms with Crippen LogP contribution in [0.4, 0.5) is 0 Å². The van der Waals surface area contributed by atoms with Crippen molar-refractivity contribution in [3.63, 3.8) is 0 Å². The number of hydrogen-bond donors (Lipinski definition) is 1. The summed E-state index contributed by atoms with van der Waals surface area (Å²) in [6, 6.07) is 3.81. The van der Waals surface area contributed by atoms with E-state index in [0.29, 0.717) is 6.04 Å². The Morgan fingerprint density at radius 2 is 2.56 bits per heavy atom. The van der Waals surface area contributed by atoms with E-state index in [0.717, 1.165) is 30.7 Å². The summed E-state index contributed by atoms with van der Waals surface area (Å²) in [5.74, 6) is 0.0896.